The zero-order valence-electron chi connectivity index (χ0n) is 19.5. The molecular weight excluding hydrogens is 536 g/mol. The number of halogens is 1. The molecule has 0 aliphatic carbocycles. The van der Waals surface area contributed by atoms with Crippen LogP contribution in [0, 0.1) is 5.21 Å². The number of aromatic amines is 1. The molecule has 0 spiro atoms. The van der Waals surface area contributed by atoms with Crippen LogP contribution in [0.2, 0.25) is 5.02 Å². The fourth-order valence-electron chi connectivity index (χ4n) is 5.07. The van der Waals surface area contributed by atoms with E-state index in [9.17, 15) is 28.6 Å². The van der Waals surface area contributed by atoms with Crippen molar-refractivity contribution in [2.24, 2.45) is 0 Å². The van der Waals surface area contributed by atoms with Gasteiger partial charge in [0, 0.05) is 46.7 Å². The number of pyridine rings is 1. The van der Waals surface area contributed by atoms with Crippen LogP contribution in [0.4, 0.5) is 0 Å². The summed E-state index contributed by atoms with van der Waals surface area (Å²) in [6.07, 6.45) is 2.59. The Labute approximate surface area is 221 Å². The number of hydrogen-bond donors (Lipinski definition) is 3. The van der Waals surface area contributed by atoms with Crippen molar-refractivity contribution in [3.63, 3.8) is 0 Å². The number of nitrogens with one attached hydrogen (secondary N) is 1. The third-order valence-corrected chi connectivity index (χ3v) is 9.00. The van der Waals surface area contributed by atoms with Gasteiger partial charge in [-0.05, 0) is 24.3 Å². The molecule has 2 fully saturated rings. The van der Waals surface area contributed by atoms with Gasteiger partial charge in [-0.15, -0.1) is 0 Å². The van der Waals surface area contributed by atoms with Crippen LogP contribution in [-0.4, -0.2) is 86.1 Å². The van der Waals surface area contributed by atoms with E-state index in [4.69, 9.17) is 11.6 Å². The molecule has 14 heteroatoms. The van der Waals surface area contributed by atoms with Crippen molar-refractivity contribution in [1.82, 2.24) is 24.2 Å². The van der Waals surface area contributed by atoms with Gasteiger partial charge in [0.05, 0.1) is 30.2 Å². The van der Waals surface area contributed by atoms with Crippen LogP contribution in [0.5, 0.6) is 0 Å². The van der Waals surface area contributed by atoms with Crippen molar-refractivity contribution in [1.29, 1.82) is 0 Å². The number of aromatic nitrogens is 4. The van der Waals surface area contributed by atoms with Gasteiger partial charge in [0.25, 0.3) is 15.9 Å². The Balaban J connectivity index is 1.26. The number of H-pyrrole nitrogens is 1. The molecular formula is C24H21ClN6O6S. The summed E-state index contributed by atoms with van der Waals surface area (Å²) < 4.78 is 28.7. The number of amides is 1. The van der Waals surface area contributed by atoms with Crippen molar-refractivity contribution in [2.75, 3.05) is 13.1 Å². The summed E-state index contributed by atoms with van der Waals surface area (Å²) >= 11 is 6.02. The quantitative estimate of drug-likeness (QED) is 0.242. The molecule has 4 aromatic rings. The van der Waals surface area contributed by atoms with E-state index >= 15 is 0 Å². The number of carbonyl (C=O) groups excluding carboxylic acids is 1. The molecule has 3 N–H and O–H groups in total. The number of aliphatic hydroxyl groups excluding tert-OH is 2. The number of piperazine rings is 1. The smallest absolute Gasteiger partial charge is 0.274 e. The first-order valence-electron chi connectivity index (χ1n) is 11.6. The van der Waals surface area contributed by atoms with Gasteiger partial charge in [-0.2, -0.15) is 9.04 Å². The number of carbonyl (C=O) groups is 1. The van der Waals surface area contributed by atoms with E-state index < -0.39 is 40.2 Å². The monoisotopic (exact) mass is 556 g/mol. The molecule has 4 unspecified atom stereocenters. The van der Waals surface area contributed by atoms with E-state index in [0.29, 0.717) is 31.9 Å². The van der Waals surface area contributed by atoms with E-state index in [2.05, 4.69) is 15.0 Å². The summed E-state index contributed by atoms with van der Waals surface area (Å²) in [6, 6.07) is 7.58. The van der Waals surface area contributed by atoms with Gasteiger partial charge >= 0.3 is 0 Å². The molecule has 6 rings (SSSR count). The third kappa shape index (κ3) is 3.99. The molecule has 1 amide bonds. The average Bonchev–Trinajstić information content (AvgIpc) is 3.41. The van der Waals surface area contributed by atoms with Crippen LogP contribution >= 0.6 is 11.6 Å². The summed E-state index contributed by atoms with van der Waals surface area (Å²) in [5.74, 6) is -0.586. The predicted octanol–water partition coefficient (Wildman–Crippen LogP) is 0.531. The highest BCUT2D eigenvalue weighted by molar-refractivity contribution is 7.89. The van der Waals surface area contributed by atoms with Gasteiger partial charge in [0.2, 0.25) is 0 Å². The molecule has 0 radical (unpaired) electrons. The van der Waals surface area contributed by atoms with Crippen molar-refractivity contribution < 1.29 is 28.2 Å². The number of aliphatic hydroxyl groups is 2. The average molecular weight is 557 g/mol. The zero-order chi connectivity index (χ0) is 26.8. The lowest BCUT2D eigenvalue weighted by molar-refractivity contribution is -0.605. The molecule has 4 atom stereocenters. The molecule has 2 aliphatic rings. The topological polar surface area (TPSA) is 167 Å². The highest BCUT2D eigenvalue weighted by atomic mass is 35.5. The maximum absolute atomic E-state index is 13.5. The highest BCUT2D eigenvalue weighted by Crippen LogP contribution is 2.35. The molecule has 1 aromatic carbocycles. The molecule has 38 heavy (non-hydrogen) atoms. The first-order chi connectivity index (χ1) is 18.1. The van der Waals surface area contributed by atoms with Gasteiger partial charge in [-0.3, -0.25) is 9.78 Å². The normalized spacial score (nSPS) is 23.7. The van der Waals surface area contributed by atoms with Crippen LogP contribution in [0.3, 0.4) is 0 Å². The van der Waals surface area contributed by atoms with E-state index in [1.54, 1.807) is 30.3 Å². The van der Waals surface area contributed by atoms with Crippen molar-refractivity contribution >= 4 is 38.4 Å². The lowest BCUT2D eigenvalue weighted by Gasteiger charge is -2.40. The fourth-order valence-corrected chi connectivity index (χ4v) is 6.74. The van der Waals surface area contributed by atoms with E-state index in [-0.39, 0.29) is 23.8 Å². The number of rotatable bonds is 4. The Morgan fingerprint density at radius 1 is 1.05 bits per heavy atom. The lowest BCUT2D eigenvalue weighted by atomic mass is 10.1. The standard InChI is InChI=1S/C24H21ClN6O6S/c25-15-1-2-16-14(7-15)8-21(28-16)38(36,37)30-11-19-22(32)23(33)20(12-30)31(19)24(34)18-10-26-17(9-27-18)13-3-5-29(35)6-4-13/h1-10,19-20,22-23,28,32-33H,11-12H2. The van der Waals surface area contributed by atoms with Crippen molar-refractivity contribution in [3.8, 4) is 11.3 Å². The van der Waals surface area contributed by atoms with Crippen LogP contribution < -0.4 is 4.73 Å². The maximum Gasteiger partial charge on any atom is 0.274 e. The summed E-state index contributed by atoms with van der Waals surface area (Å²) in [6.45, 7) is -0.437. The van der Waals surface area contributed by atoms with Crippen molar-refractivity contribution in [2.45, 2.75) is 29.3 Å². The van der Waals surface area contributed by atoms with Gasteiger partial charge in [-0.1, -0.05) is 11.6 Å². The largest absolute Gasteiger partial charge is 0.619 e. The van der Waals surface area contributed by atoms with Crippen LogP contribution in [0.15, 0.2) is 66.2 Å². The molecule has 0 saturated carbocycles. The minimum Gasteiger partial charge on any atom is -0.619 e. The van der Waals surface area contributed by atoms with E-state index in [0.717, 1.165) is 4.31 Å². The first-order valence-corrected chi connectivity index (χ1v) is 13.4. The molecule has 3 aromatic heterocycles. The van der Waals surface area contributed by atoms with Gasteiger partial charge < -0.3 is 25.3 Å². The Hall–Kier alpha value is -3.62. The molecule has 196 valence electrons. The SMILES string of the molecule is O=C(c1cnc(-c2cc[n+]([O-])cc2)cn1)N1C2CN(S(=O)(=O)c3cc4cc(Cl)ccc4[nH]3)CC1C(O)C2O. The second kappa shape index (κ2) is 8.99. The zero-order valence-corrected chi connectivity index (χ0v) is 21.1. The highest BCUT2D eigenvalue weighted by Gasteiger charge is 2.56. The van der Waals surface area contributed by atoms with Crippen LogP contribution in [-0.2, 0) is 10.0 Å². The predicted molar refractivity (Wildman–Crippen MR) is 134 cm³/mol. The maximum atomic E-state index is 13.5. The Morgan fingerprint density at radius 2 is 1.74 bits per heavy atom. The van der Waals surface area contributed by atoms with Crippen LogP contribution in [0.25, 0.3) is 22.2 Å². The molecule has 2 saturated heterocycles. The van der Waals surface area contributed by atoms with Gasteiger partial charge in [0.1, 0.15) is 22.9 Å². The summed E-state index contributed by atoms with van der Waals surface area (Å²) in [5.41, 5.74) is 1.64. The van der Waals surface area contributed by atoms with E-state index in [1.807, 2.05) is 0 Å². The second-order valence-corrected chi connectivity index (χ2v) is 11.6. The van der Waals surface area contributed by atoms with Gasteiger partial charge in [-0.25, -0.2) is 13.4 Å². The number of nitrogens with zero attached hydrogens (tertiary/aromatic N) is 5. The molecule has 2 bridgehead atoms. The summed E-state index contributed by atoms with van der Waals surface area (Å²) in [4.78, 5) is 26.0. The lowest BCUT2D eigenvalue weighted by Crippen LogP contribution is -2.59. The van der Waals surface area contributed by atoms with E-state index in [1.165, 1.54) is 35.8 Å². The number of benzene rings is 1. The summed E-state index contributed by atoms with van der Waals surface area (Å²) in [7, 11) is -4.04. The minimum atomic E-state index is -4.04. The third-order valence-electron chi connectivity index (χ3n) is 7.01. The molecule has 12 nitrogen and oxygen atoms in total. The Kier molecular flexibility index (Phi) is 5.85. The first kappa shape index (κ1) is 24.7. The minimum absolute atomic E-state index is 0.0244. The second-order valence-electron chi connectivity index (χ2n) is 9.25. The Bertz CT molecular complexity index is 1630. The fraction of sp³-hybridized carbons (Fsp3) is 0.250. The van der Waals surface area contributed by atoms with Crippen molar-refractivity contribution in [3.05, 3.63) is 77.1 Å². The van der Waals surface area contributed by atoms with Gasteiger partial charge in [0.15, 0.2) is 12.4 Å². The number of hydrogen-bond acceptors (Lipinski definition) is 8. The molecule has 2 aliphatic heterocycles. The Morgan fingerprint density at radius 3 is 2.37 bits per heavy atom. The van der Waals surface area contributed by atoms with Crippen LogP contribution in [0.1, 0.15) is 10.5 Å². The summed E-state index contributed by atoms with van der Waals surface area (Å²) in [5, 5.41) is 33.7. The number of sulfonamides is 1. The number of fused-ring (bicyclic) bond motifs is 3. The molecule has 5 heterocycles.